The van der Waals surface area contributed by atoms with Crippen molar-refractivity contribution >= 4 is 29.0 Å². The Morgan fingerprint density at radius 3 is 2.70 bits per heavy atom. The third kappa shape index (κ3) is 3.26. The number of hydrogen-bond acceptors (Lipinski definition) is 3. The number of aromatic nitrogens is 3. The Kier molecular flexibility index (Phi) is 5.91. The van der Waals surface area contributed by atoms with Crippen molar-refractivity contribution in [1.29, 1.82) is 0 Å². The van der Waals surface area contributed by atoms with Crippen LogP contribution in [-0.2, 0) is 6.54 Å². The summed E-state index contributed by atoms with van der Waals surface area (Å²) in [5.41, 5.74) is 3.13. The highest BCUT2D eigenvalue weighted by Crippen LogP contribution is 2.33. The molecule has 3 heterocycles. The standard InChI is InChI=1S/C20H15N3O2.ClH.H2O/c1-3-11-23-19(24)10-8-15-14(7-9-17(25-2)20(15)23)16-13-22-12-5-4-6-18(22)21-16;;/h1,4-10,12-13H,11H2,2H3;1H;1H2. The quantitative estimate of drug-likeness (QED) is 0.510. The molecular weight excluding hydrogens is 366 g/mol. The Morgan fingerprint density at radius 2 is 2.00 bits per heavy atom. The molecule has 0 atom stereocenters. The van der Waals surface area contributed by atoms with Gasteiger partial charge in [-0.2, -0.15) is 0 Å². The van der Waals surface area contributed by atoms with E-state index in [1.54, 1.807) is 17.7 Å². The zero-order valence-electron chi connectivity index (χ0n) is 14.5. The molecule has 0 aliphatic rings. The third-order valence-electron chi connectivity index (χ3n) is 4.22. The van der Waals surface area contributed by atoms with Gasteiger partial charge in [-0.15, -0.1) is 18.8 Å². The summed E-state index contributed by atoms with van der Waals surface area (Å²) in [6, 6.07) is 13.0. The Morgan fingerprint density at radius 1 is 1.19 bits per heavy atom. The first-order valence-electron chi connectivity index (χ1n) is 7.81. The zero-order valence-corrected chi connectivity index (χ0v) is 15.4. The van der Waals surface area contributed by atoms with Gasteiger partial charge in [0.15, 0.2) is 0 Å². The lowest BCUT2D eigenvalue weighted by Gasteiger charge is -2.13. The van der Waals surface area contributed by atoms with Crippen LogP contribution in [0.2, 0.25) is 0 Å². The van der Waals surface area contributed by atoms with Crippen molar-refractivity contribution in [1.82, 2.24) is 14.0 Å². The summed E-state index contributed by atoms with van der Waals surface area (Å²) < 4.78 is 8.98. The maximum Gasteiger partial charge on any atom is 0.251 e. The van der Waals surface area contributed by atoms with E-state index in [2.05, 4.69) is 10.9 Å². The summed E-state index contributed by atoms with van der Waals surface area (Å²) in [7, 11) is 1.58. The molecule has 3 aromatic heterocycles. The fourth-order valence-corrected chi connectivity index (χ4v) is 3.09. The first kappa shape index (κ1) is 20.0. The van der Waals surface area contributed by atoms with E-state index >= 15 is 0 Å². The van der Waals surface area contributed by atoms with Gasteiger partial charge in [0.25, 0.3) is 5.56 Å². The SMILES string of the molecule is C#CCn1c(=O)ccc2c(-c3cn4ccccc4n3)ccc(OC)c21.Cl.O. The van der Waals surface area contributed by atoms with E-state index in [1.807, 2.05) is 47.1 Å². The number of methoxy groups -OCH3 is 1. The molecular formula is C20H18ClN3O3. The van der Waals surface area contributed by atoms with Gasteiger partial charge in [0.1, 0.15) is 11.4 Å². The fourth-order valence-electron chi connectivity index (χ4n) is 3.09. The first-order chi connectivity index (χ1) is 12.2. The summed E-state index contributed by atoms with van der Waals surface area (Å²) in [6.07, 6.45) is 9.36. The number of imidazole rings is 1. The highest BCUT2D eigenvalue weighted by molar-refractivity contribution is 5.97. The molecule has 0 aliphatic carbocycles. The van der Waals surface area contributed by atoms with E-state index in [4.69, 9.17) is 11.2 Å². The monoisotopic (exact) mass is 383 g/mol. The molecule has 0 saturated heterocycles. The van der Waals surface area contributed by atoms with Gasteiger partial charge < -0.3 is 14.6 Å². The van der Waals surface area contributed by atoms with Crippen LogP contribution < -0.4 is 10.3 Å². The van der Waals surface area contributed by atoms with Crippen molar-refractivity contribution in [2.75, 3.05) is 7.11 Å². The maximum absolute atomic E-state index is 12.3. The maximum atomic E-state index is 12.3. The normalized spacial score (nSPS) is 10.1. The van der Waals surface area contributed by atoms with Gasteiger partial charge in [0.2, 0.25) is 0 Å². The van der Waals surface area contributed by atoms with Crippen LogP contribution in [-0.4, -0.2) is 26.5 Å². The second-order valence-electron chi connectivity index (χ2n) is 5.63. The number of rotatable bonds is 3. The van der Waals surface area contributed by atoms with Gasteiger partial charge in [0.05, 0.1) is 24.9 Å². The van der Waals surface area contributed by atoms with Crippen molar-refractivity contribution < 1.29 is 10.2 Å². The van der Waals surface area contributed by atoms with Gasteiger partial charge in [-0.1, -0.05) is 12.0 Å². The molecule has 138 valence electrons. The van der Waals surface area contributed by atoms with Gasteiger partial charge in [-0.25, -0.2) is 4.98 Å². The Hall–Kier alpha value is -3.27. The van der Waals surface area contributed by atoms with E-state index in [9.17, 15) is 4.79 Å². The largest absolute Gasteiger partial charge is 0.495 e. The predicted molar refractivity (Wildman–Crippen MR) is 109 cm³/mol. The molecule has 0 amide bonds. The molecule has 7 heteroatoms. The van der Waals surface area contributed by atoms with Gasteiger partial charge >= 0.3 is 0 Å². The molecule has 4 aromatic rings. The Balaban J connectivity index is 0.00000131. The number of fused-ring (bicyclic) bond motifs is 2. The van der Waals surface area contributed by atoms with Crippen molar-refractivity contribution in [3.63, 3.8) is 0 Å². The highest BCUT2D eigenvalue weighted by atomic mass is 35.5. The average Bonchev–Trinajstić information content (AvgIpc) is 3.07. The number of nitrogens with zero attached hydrogens (tertiary/aromatic N) is 3. The van der Waals surface area contributed by atoms with Crippen LogP contribution in [0.3, 0.4) is 0 Å². The molecule has 27 heavy (non-hydrogen) atoms. The van der Waals surface area contributed by atoms with Crippen LogP contribution >= 0.6 is 12.4 Å². The minimum atomic E-state index is -0.157. The summed E-state index contributed by atoms with van der Waals surface area (Å²) in [4.78, 5) is 17.0. The molecule has 6 nitrogen and oxygen atoms in total. The first-order valence-corrected chi connectivity index (χ1v) is 7.81. The molecule has 0 fully saturated rings. The molecule has 0 unspecified atom stereocenters. The lowest BCUT2D eigenvalue weighted by molar-refractivity contribution is 0.417. The molecule has 2 N–H and O–H groups in total. The Labute approximate surface area is 161 Å². The van der Waals surface area contributed by atoms with Crippen LogP contribution in [0.1, 0.15) is 0 Å². The van der Waals surface area contributed by atoms with Gasteiger partial charge in [-0.3, -0.25) is 9.36 Å². The number of ether oxygens (including phenoxy) is 1. The molecule has 0 spiro atoms. The predicted octanol–water partition coefficient (Wildman–Crippen LogP) is 2.56. The lowest BCUT2D eigenvalue weighted by Crippen LogP contribution is -2.19. The molecule has 1 aromatic carbocycles. The average molecular weight is 384 g/mol. The third-order valence-corrected chi connectivity index (χ3v) is 4.22. The van der Waals surface area contributed by atoms with Crippen LogP contribution in [0.4, 0.5) is 0 Å². The molecule has 0 bridgehead atoms. The van der Waals surface area contributed by atoms with E-state index in [0.717, 1.165) is 22.3 Å². The minimum Gasteiger partial charge on any atom is -0.495 e. The van der Waals surface area contributed by atoms with E-state index in [0.29, 0.717) is 11.3 Å². The number of terminal acetylenes is 1. The van der Waals surface area contributed by atoms with E-state index < -0.39 is 0 Å². The summed E-state index contributed by atoms with van der Waals surface area (Å²) in [5.74, 6) is 3.14. The fraction of sp³-hybridized carbons (Fsp3) is 0.100. The number of pyridine rings is 2. The minimum absolute atomic E-state index is 0. The smallest absolute Gasteiger partial charge is 0.251 e. The molecule has 0 radical (unpaired) electrons. The topological polar surface area (TPSA) is 80.0 Å². The van der Waals surface area contributed by atoms with Crippen molar-refractivity contribution in [2.24, 2.45) is 0 Å². The van der Waals surface area contributed by atoms with Crippen LogP contribution in [0.15, 0.2) is 59.7 Å². The zero-order chi connectivity index (χ0) is 17.4. The van der Waals surface area contributed by atoms with Crippen molar-refractivity contribution in [3.8, 4) is 29.4 Å². The van der Waals surface area contributed by atoms with E-state index in [1.165, 1.54) is 6.07 Å². The summed E-state index contributed by atoms with van der Waals surface area (Å²) in [6.45, 7) is 0.182. The summed E-state index contributed by atoms with van der Waals surface area (Å²) >= 11 is 0. The summed E-state index contributed by atoms with van der Waals surface area (Å²) in [5, 5.41) is 0.873. The van der Waals surface area contributed by atoms with Crippen molar-refractivity contribution in [2.45, 2.75) is 6.54 Å². The number of hydrogen-bond donors (Lipinski definition) is 0. The van der Waals surface area contributed by atoms with E-state index in [-0.39, 0.29) is 30.0 Å². The van der Waals surface area contributed by atoms with Gasteiger partial charge in [0, 0.05) is 29.4 Å². The highest BCUT2D eigenvalue weighted by Gasteiger charge is 2.15. The van der Waals surface area contributed by atoms with Gasteiger partial charge in [-0.05, 0) is 30.3 Å². The number of benzene rings is 1. The van der Waals surface area contributed by atoms with Crippen molar-refractivity contribution in [3.05, 3.63) is 65.2 Å². The molecule has 4 rings (SSSR count). The number of halogens is 1. The van der Waals surface area contributed by atoms with Crippen LogP contribution in [0.5, 0.6) is 5.75 Å². The van der Waals surface area contributed by atoms with Crippen LogP contribution in [0, 0.1) is 12.3 Å². The van der Waals surface area contributed by atoms with Crippen LogP contribution in [0.25, 0.3) is 27.8 Å². The second-order valence-corrected chi connectivity index (χ2v) is 5.63. The Bertz CT molecular complexity index is 1170. The molecule has 0 saturated carbocycles. The lowest BCUT2D eigenvalue weighted by atomic mass is 10.0. The molecule has 0 aliphatic heterocycles. The second kappa shape index (κ2) is 7.96.